The van der Waals surface area contributed by atoms with Gasteiger partial charge in [-0.2, -0.15) is 0 Å². The molecule has 1 aromatic heterocycles. The van der Waals surface area contributed by atoms with Crippen molar-refractivity contribution in [2.24, 2.45) is 5.92 Å². The second-order valence-electron chi connectivity index (χ2n) is 7.96. The minimum absolute atomic E-state index is 0.105. The van der Waals surface area contributed by atoms with Crippen LogP contribution in [0, 0.1) is 5.92 Å². The van der Waals surface area contributed by atoms with Crippen molar-refractivity contribution in [1.29, 1.82) is 0 Å². The summed E-state index contributed by atoms with van der Waals surface area (Å²) in [6.07, 6.45) is 2.45. The van der Waals surface area contributed by atoms with Gasteiger partial charge in [-0.1, -0.05) is 31.2 Å². The molecule has 0 spiro atoms. The van der Waals surface area contributed by atoms with Crippen LogP contribution in [0.1, 0.15) is 26.7 Å². The van der Waals surface area contributed by atoms with Gasteiger partial charge in [0.05, 0.1) is 12.3 Å². The molecule has 0 radical (unpaired) electrons. The number of pyridine rings is 1. The summed E-state index contributed by atoms with van der Waals surface area (Å²) in [4.78, 5) is 19.7. The van der Waals surface area contributed by atoms with E-state index in [0.29, 0.717) is 29.7 Å². The fourth-order valence-electron chi connectivity index (χ4n) is 3.98. The Bertz CT molecular complexity index is 1050. The smallest absolute Gasteiger partial charge is 0.262 e. The molecule has 1 amide bonds. The number of nitrogens with zero attached hydrogens (tertiary/aromatic N) is 2. The molecule has 162 valence electrons. The Morgan fingerprint density at radius 1 is 1.10 bits per heavy atom. The summed E-state index contributed by atoms with van der Waals surface area (Å²) in [6.45, 7) is 6.66. The number of ether oxygens (including phenoxy) is 2. The van der Waals surface area contributed by atoms with Crippen LogP contribution >= 0.6 is 0 Å². The lowest BCUT2D eigenvalue weighted by atomic mass is 10.0. The van der Waals surface area contributed by atoms with E-state index >= 15 is 0 Å². The number of carbonyl (C=O) groups excluding carboxylic acids is 1. The summed E-state index contributed by atoms with van der Waals surface area (Å²) in [5.41, 5.74) is 1.41. The fraction of sp³-hybridized carbons (Fsp3) is 0.360. The maximum Gasteiger partial charge on any atom is 0.262 e. The molecule has 1 atom stereocenters. The zero-order valence-corrected chi connectivity index (χ0v) is 18.1. The molecule has 2 heterocycles. The zero-order chi connectivity index (χ0) is 21.6. The third kappa shape index (κ3) is 5.08. The first-order chi connectivity index (χ1) is 15.1. The van der Waals surface area contributed by atoms with Gasteiger partial charge in [-0.05, 0) is 56.0 Å². The SMILES string of the molecule is CCOc1ccccc1NC(=O)COc1cccc2ccc(N3CCCC(C)C3)nc12. The fourth-order valence-corrected chi connectivity index (χ4v) is 3.98. The molecule has 1 N–H and O–H groups in total. The van der Waals surface area contributed by atoms with E-state index < -0.39 is 0 Å². The minimum Gasteiger partial charge on any atom is -0.492 e. The molecule has 1 aliphatic rings. The number of benzene rings is 2. The van der Waals surface area contributed by atoms with Crippen LogP contribution in [0.25, 0.3) is 10.9 Å². The van der Waals surface area contributed by atoms with Crippen LogP contribution in [0.5, 0.6) is 11.5 Å². The zero-order valence-electron chi connectivity index (χ0n) is 18.1. The van der Waals surface area contributed by atoms with E-state index in [0.717, 1.165) is 29.8 Å². The second kappa shape index (κ2) is 9.69. The van der Waals surface area contributed by atoms with Crippen LogP contribution in [0.15, 0.2) is 54.6 Å². The standard InChI is InChI=1S/C25H29N3O3/c1-3-30-21-11-5-4-10-20(21)26-24(29)17-31-22-12-6-9-19-13-14-23(27-25(19)22)28-15-7-8-18(2)16-28/h4-6,9-14,18H,3,7-8,15-17H2,1-2H3,(H,26,29). The number of hydrogen-bond acceptors (Lipinski definition) is 5. The molecule has 1 fully saturated rings. The normalized spacial score (nSPS) is 16.2. The monoisotopic (exact) mass is 419 g/mol. The largest absolute Gasteiger partial charge is 0.492 e. The van der Waals surface area contributed by atoms with Crippen LogP contribution in [0.4, 0.5) is 11.5 Å². The molecule has 1 saturated heterocycles. The molecule has 1 aliphatic heterocycles. The van der Waals surface area contributed by atoms with E-state index in [1.807, 2.05) is 49.4 Å². The number of rotatable bonds is 7. The average molecular weight is 420 g/mol. The minimum atomic E-state index is -0.245. The quantitative estimate of drug-likeness (QED) is 0.591. The molecule has 1 unspecified atom stereocenters. The number of hydrogen-bond donors (Lipinski definition) is 1. The highest BCUT2D eigenvalue weighted by Crippen LogP contribution is 2.29. The Balaban J connectivity index is 1.48. The maximum atomic E-state index is 12.5. The molecular formula is C25H29N3O3. The highest BCUT2D eigenvalue weighted by atomic mass is 16.5. The van der Waals surface area contributed by atoms with Crippen molar-refractivity contribution in [3.05, 3.63) is 54.6 Å². The van der Waals surface area contributed by atoms with E-state index in [4.69, 9.17) is 14.5 Å². The number of nitrogens with one attached hydrogen (secondary N) is 1. The number of carbonyl (C=O) groups is 1. The van der Waals surface area contributed by atoms with E-state index in [1.54, 1.807) is 0 Å². The number of piperidine rings is 1. The Morgan fingerprint density at radius 2 is 1.94 bits per heavy atom. The van der Waals surface area contributed by atoms with Gasteiger partial charge >= 0.3 is 0 Å². The third-order valence-electron chi connectivity index (χ3n) is 5.47. The topological polar surface area (TPSA) is 63.7 Å². The molecule has 31 heavy (non-hydrogen) atoms. The molecule has 6 nitrogen and oxygen atoms in total. The molecule has 6 heteroatoms. The van der Waals surface area contributed by atoms with Gasteiger partial charge < -0.3 is 19.7 Å². The Kier molecular flexibility index (Phi) is 6.55. The maximum absolute atomic E-state index is 12.5. The van der Waals surface area contributed by atoms with Gasteiger partial charge in [-0.25, -0.2) is 4.98 Å². The van der Waals surface area contributed by atoms with E-state index in [9.17, 15) is 4.79 Å². The number of amides is 1. The molecular weight excluding hydrogens is 390 g/mol. The van der Waals surface area contributed by atoms with Crippen molar-refractivity contribution >= 4 is 28.3 Å². The first-order valence-electron chi connectivity index (χ1n) is 10.9. The summed E-state index contributed by atoms with van der Waals surface area (Å²) in [5, 5.41) is 3.86. The van der Waals surface area contributed by atoms with Gasteiger partial charge in [0.25, 0.3) is 5.91 Å². The molecule has 4 rings (SSSR count). The van der Waals surface area contributed by atoms with E-state index in [1.165, 1.54) is 12.8 Å². The van der Waals surface area contributed by atoms with Gasteiger partial charge in [-0.3, -0.25) is 4.79 Å². The summed E-state index contributed by atoms with van der Waals surface area (Å²) < 4.78 is 11.4. The van der Waals surface area contributed by atoms with Crippen LogP contribution in [0.2, 0.25) is 0 Å². The Morgan fingerprint density at radius 3 is 2.77 bits per heavy atom. The van der Waals surface area contributed by atoms with Crippen LogP contribution in [0.3, 0.4) is 0 Å². The second-order valence-corrected chi connectivity index (χ2v) is 7.96. The van der Waals surface area contributed by atoms with Crippen molar-refractivity contribution in [3.63, 3.8) is 0 Å². The molecule has 0 aliphatic carbocycles. The predicted octanol–water partition coefficient (Wildman–Crippen LogP) is 4.89. The number of fused-ring (bicyclic) bond motifs is 1. The van der Waals surface area contributed by atoms with Crippen LogP contribution < -0.4 is 19.7 Å². The average Bonchev–Trinajstić information content (AvgIpc) is 2.79. The van der Waals surface area contributed by atoms with Gasteiger partial charge in [0.1, 0.15) is 22.8 Å². The lowest BCUT2D eigenvalue weighted by Crippen LogP contribution is -2.34. The number of aromatic nitrogens is 1. The van der Waals surface area contributed by atoms with Gasteiger partial charge in [-0.15, -0.1) is 0 Å². The first-order valence-corrected chi connectivity index (χ1v) is 10.9. The van der Waals surface area contributed by atoms with Crippen molar-refractivity contribution < 1.29 is 14.3 Å². The molecule has 0 bridgehead atoms. The van der Waals surface area contributed by atoms with Crippen molar-refractivity contribution in [3.8, 4) is 11.5 Å². The van der Waals surface area contributed by atoms with Gasteiger partial charge in [0, 0.05) is 18.5 Å². The Labute approximate surface area is 183 Å². The van der Waals surface area contributed by atoms with Gasteiger partial charge in [0.2, 0.25) is 0 Å². The van der Waals surface area contributed by atoms with Crippen molar-refractivity contribution in [1.82, 2.24) is 4.98 Å². The van der Waals surface area contributed by atoms with Gasteiger partial charge in [0.15, 0.2) is 6.61 Å². The third-order valence-corrected chi connectivity index (χ3v) is 5.47. The number of para-hydroxylation sites is 3. The summed E-state index contributed by atoms with van der Waals surface area (Å²) >= 11 is 0. The summed E-state index contributed by atoms with van der Waals surface area (Å²) in [7, 11) is 0. The Hall–Kier alpha value is -3.28. The summed E-state index contributed by atoms with van der Waals surface area (Å²) in [5.74, 6) is 2.64. The highest BCUT2D eigenvalue weighted by molar-refractivity contribution is 5.94. The first kappa shape index (κ1) is 21.0. The molecule has 3 aromatic rings. The molecule has 0 saturated carbocycles. The van der Waals surface area contributed by atoms with Crippen LogP contribution in [-0.4, -0.2) is 37.2 Å². The predicted molar refractivity (Wildman–Crippen MR) is 124 cm³/mol. The number of anilines is 2. The van der Waals surface area contributed by atoms with E-state index in [-0.39, 0.29) is 12.5 Å². The highest BCUT2D eigenvalue weighted by Gasteiger charge is 2.18. The molecule has 2 aromatic carbocycles. The van der Waals surface area contributed by atoms with E-state index in [2.05, 4.69) is 29.3 Å². The van der Waals surface area contributed by atoms with Crippen molar-refractivity contribution in [2.75, 3.05) is 36.5 Å². The lowest BCUT2D eigenvalue weighted by Gasteiger charge is -2.32. The van der Waals surface area contributed by atoms with Crippen LogP contribution in [-0.2, 0) is 4.79 Å². The summed E-state index contributed by atoms with van der Waals surface area (Å²) in [6, 6.07) is 17.3. The lowest BCUT2D eigenvalue weighted by molar-refractivity contribution is -0.118. The van der Waals surface area contributed by atoms with Crippen molar-refractivity contribution in [2.45, 2.75) is 26.7 Å².